The molecule has 96 valence electrons. The van der Waals surface area contributed by atoms with E-state index in [2.05, 4.69) is 41.5 Å². The lowest BCUT2D eigenvalue weighted by molar-refractivity contribution is -0.0102. The Labute approximate surface area is 108 Å². The van der Waals surface area contributed by atoms with Gasteiger partial charge in [0.05, 0.1) is 6.10 Å². The van der Waals surface area contributed by atoms with Gasteiger partial charge in [-0.15, -0.1) is 0 Å². The molecule has 1 aromatic heterocycles. The van der Waals surface area contributed by atoms with Crippen molar-refractivity contribution in [3.8, 4) is 0 Å². The summed E-state index contributed by atoms with van der Waals surface area (Å²) in [6, 6.07) is 9.20. The molecule has 1 aliphatic carbocycles. The first-order valence-corrected chi connectivity index (χ1v) is 6.76. The summed E-state index contributed by atoms with van der Waals surface area (Å²) in [5.41, 5.74) is 2.59. The Bertz CT molecular complexity index is 514. The molecule has 1 saturated carbocycles. The molecule has 0 amide bonds. The number of fused-ring (bicyclic) bond motifs is 1. The highest BCUT2D eigenvalue weighted by molar-refractivity contribution is 5.82. The van der Waals surface area contributed by atoms with Crippen molar-refractivity contribution in [3.05, 3.63) is 36.0 Å². The van der Waals surface area contributed by atoms with E-state index in [1.54, 1.807) is 0 Å². The highest BCUT2D eigenvalue weighted by Gasteiger charge is 2.28. The molecule has 1 fully saturated rings. The van der Waals surface area contributed by atoms with Crippen LogP contribution in [0.25, 0.3) is 10.9 Å². The first-order chi connectivity index (χ1) is 8.86. The number of ether oxygens (including phenoxy) is 1. The summed E-state index contributed by atoms with van der Waals surface area (Å²) in [4.78, 5) is 3.25. The second kappa shape index (κ2) is 5.12. The van der Waals surface area contributed by atoms with Crippen LogP contribution in [0.1, 0.15) is 25.3 Å². The van der Waals surface area contributed by atoms with Crippen LogP contribution >= 0.6 is 0 Å². The van der Waals surface area contributed by atoms with E-state index < -0.39 is 0 Å². The molecule has 3 nitrogen and oxygen atoms in total. The number of hydrogen-bond acceptors (Lipinski definition) is 2. The van der Waals surface area contributed by atoms with Crippen molar-refractivity contribution >= 4 is 10.9 Å². The largest absolute Gasteiger partial charge is 0.378 e. The van der Waals surface area contributed by atoms with Gasteiger partial charge in [-0.25, -0.2) is 0 Å². The molecule has 2 aromatic rings. The summed E-state index contributed by atoms with van der Waals surface area (Å²) in [5, 5.41) is 4.94. The van der Waals surface area contributed by atoms with Crippen LogP contribution in [-0.2, 0) is 11.3 Å². The zero-order chi connectivity index (χ0) is 12.4. The van der Waals surface area contributed by atoms with Gasteiger partial charge in [0, 0.05) is 36.3 Å². The first kappa shape index (κ1) is 11.8. The van der Waals surface area contributed by atoms with Crippen molar-refractivity contribution in [3.63, 3.8) is 0 Å². The summed E-state index contributed by atoms with van der Waals surface area (Å²) in [7, 11) is 0. The van der Waals surface area contributed by atoms with E-state index in [1.165, 1.54) is 16.5 Å². The fraction of sp³-hybridized carbons (Fsp3) is 0.467. The van der Waals surface area contributed by atoms with Gasteiger partial charge in [-0.1, -0.05) is 12.1 Å². The lowest BCUT2D eigenvalue weighted by Gasteiger charge is -2.35. The summed E-state index contributed by atoms with van der Waals surface area (Å²) in [6.07, 6.45) is 4.78. The summed E-state index contributed by atoms with van der Waals surface area (Å²) in [6.45, 7) is 3.84. The van der Waals surface area contributed by atoms with Crippen LogP contribution in [0, 0.1) is 0 Å². The molecule has 0 unspecified atom stereocenters. The first-order valence-electron chi connectivity index (χ1n) is 6.76. The van der Waals surface area contributed by atoms with Gasteiger partial charge in [0.2, 0.25) is 0 Å². The van der Waals surface area contributed by atoms with Gasteiger partial charge in [0.25, 0.3) is 0 Å². The number of nitrogens with one attached hydrogen (secondary N) is 2. The molecule has 0 spiro atoms. The average Bonchev–Trinajstić information content (AvgIpc) is 2.80. The predicted molar refractivity (Wildman–Crippen MR) is 73.6 cm³/mol. The van der Waals surface area contributed by atoms with E-state index in [4.69, 9.17) is 4.74 Å². The maximum Gasteiger partial charge on any atom is 0.0604 e. The van der Waals surface area contributed by atoms with E-state index in [0.29, 0.717) is 12.1 Å². The Morgan fingerprint density at radius 1 is 1.33 bits per heavy atom. The summed E-state index contributed by atoms with van der Waals surface area (Å²) < 4.78 is 5.57. The number of hydrogen-bond donors (Lipinski definition) is 2. The minimum absolute atomic E-state index is 0.482. The van der Waals surface area contributed by atoms with Crippen LogP contribution in [-0.4, -0.2) is 23.7 Å². The van der Waals surface area contributed by atoms with Crippen molar-refractivity contribution in [2.75, 3.05) is 6.61 Å². The monoisotopic (exact) mass is 244 g/mol. The van der Waals surface area contributed by atoms with Gasteiger partial charge in [-0.05, 0) is 37.5 Å². The highest BCUT2D eigenvalue weighted by Crippen LogP contribution is 2.24. The molecular weight excluding hydrogens is 224 g/mol. The van der Waals surface area contributed by atoms with Crippen molar-refractivity contribution in [2.24, 2.45) is 0 Å². The maximum atomic E-state index is 5.57. The predicted octanol–water partition coefficient (Wildman–Crippen LogP) is 2.83. The van der Waals surface area contributed by atoms with E-state index in [0.717, 1.165) is 26.0 Å². The molecule has 3 rings (SSSR count). The number of H-pyrrole nitrogens is 1. The zero-order valence-electron chi connectivity index (χ0n) is 10.8. The highest BCUT2D eigenvalue weighted by atomic mass is 16.5. The average molecular weight is 244 g/mol. The molecule has 0 aliphatic heterocycles. The van der Waals surface area contributed by atoms with Crippen molar-refractivity contribution < 1.29 is 4.74 Å². The second-order valence-corrected chi connectivity index (χ2v) is 4.98. The SMILES string of the molecule is CCOC1CC(NCc2cccc3[nH]ccc23)C1. The van der Waals surface area contributed by atoms with Gasteiger partial charge in [0.1, 0.15) is 0 Å². The molecule has 0 saturated heterocycles. The van der Waals surface area contributed by atoms with E-state index in [1.807, 2.05) is 6.20 Å². The summed E-state index contributed by atoms with van der Waals surface area (Å²) >= 11 is 0. The van der Waals surface area contributed by atoms with Gasteiger partial charge in [-0.2, -0.15) is 0 Å². The minimum atomic E-state index is 0.482. The van der Waals surface area contributed by atoms with Crippen LogP contribution in [0.3, 0.4) is 0 Å². The van der Waals surface area contributed by atoms with E-state index in [9.17, 15) is 0 Å². The van der Waals surface area contributed by atoms with Crippen molar-refractivity contribution in [2.45, 2.75) is 38.5 Å². The van der Waals surface area contributed by atoms with Crippen molar-refractivity contribution in [1.29, 1.82) is 0 Å². The van der Waals surface area contributed by atoms with E-state index in [-0.39, 0.29) is 0 Å². The maximum absolute atomic E-state index is 5.57. The van der Waals surface area contributed by atoms with Gasteiger partial charge in [-0.3, -0.25) is 0 Å². The van der Waals surface area contributed by atoms with Crippen LogP contribution in [0.2, 0.25) is 0 Å². The number of rotatable bonds is 5. The minimum Gasteiger partial charge on any atom is -0.378 e. The van der Waals surface area contributed by atoms with Crippen LogP contribution in [0.5, 0.6) is 0 Å². The Kier molecular flexibility index (Phi) is 3.35. The van der Waals surface area contributed by atoms with Crippen LogP contribution in [0.4, 0.5) is 0 Å². The van der Waals surface area contributed by atoms with Gasteiger partial charge < -0.3 is 15.0 Å². The third-order valence-electron chi connectivity index (χ3n) is 3.76. The topological polar surface area (TPSA) is 37.0 Å². The Morgan fingerprint density at radius 3 is 3.06 bits per heavy atom. The number of benzene rings is 1. The Balaban J connectivity index is 1.56. The normalized spacial score (nSPS) is 23.2. The molecule has 0 radical (unpaired) electrons. The molecule has 3 heteroatoms. The van der Waals surface area contributed by atoms with Crippen LogP contribution < -0.4 is 5.32 Å². The van der Waals surface area contributed by atoms with Gasteiger partial charge in [0.15, 0.2) is 0 Å². The third kappa shape index (κ3) is 2.28. The van der Waals surface area contributed by atoms with Crippen molar-refractivity contribution in [1.82, 2.24) is 10.3 Å². The second-order valence-electron chi connectivity index (χ2n) is 4.98. The zero-order valence-corrected chi connectivity index (χ0v) is 10.8. The number of aromatic amines is 1. The smallest absolute Gasteiger partial charge is 0.0604 e. The molecule has 1 aliphatic rings. The molecule has 1 heterocycles. The van der Waals surface area contributed by atoms with Gasteiger partial charge >= 0.3 is 0 Å². The third-order valence-corrected chi connectivity index (χ3v) is 3.76. The quantitative estimate of drug-likeness (QED) is 0.848. The van der Waals surface area contributed by atoms with E-state index >= 15 is 0 Å². The molecule has 1 aromatic carbocycles. The van der Waals surface area contributed by atoms with Crippen LogP contribution in [0.15, 0.2) is 30.5 Å². The molecule has 0 atom stereocenters. The fourth-order valence-electron chi connectivity index (χ4n) is 2.66. The summed E-state index contributed by atoms with van der Waals surface area (Å²) in [5.74, 6) is 0. The fourth-order valence-corrected chi connectivity index (χ4v) is 2.66. The Hall–Kier alpha value is -1.32. The molecule has 18 heavy (non-hydrogen) atoms. The molecule has 2 N–H and O–H groups in total. The lowest BCUT2D eigenvalue weighted by atomic mass is 9.89. The standard InChI is InChI=1S/C15H20N2O/c1-2-18-13-8-12(9-13)17-10-11-4-3-5-15-14(11)6-7-16-15/h3-7,12-13,16-17H,2,8-10H2,1H3. The molecular formula is C15H20N2O. The number of aromatic nitrogens is 1. The molecule has 0 bridgehead atoms. The lowest BCUT2D eigenvalue weighted by Crippen LogP contribution is -2.45. The Morgan fingerprint density at radius 2 is 2.22 bits per heavy atom.